The van der Waals surface area contributed by atoms with Gasteiger partial charge in [0.15, 0.2) is 0 Å². The molecule has 0 aliphatic heterocycles. The van der Waals surface area contributed by atoms with Crippen molar-refractivity contribution in [3.05, 3.63) is 24.3 Å². The Morgan fingerprint density at radius 1 is 1.00 bits per heavy atom. The van der Waals surface area contributed by atoms with Crippen LogP contribution >= 0.6 is 0 Å². The zero-order valence-electron chi connectivity index (χ0n) is 9.32. The van der Waals surface area contributed by atoms with Crippen molar-refractivity contribution in [3.8, 4) is 11.5 Å². The van der Waals surface area contributed by atoms with Gasteiger partial charge in [-0.15, -0.1) is 0 Å². The molecular formula is C6H4Na2O8S2. The molecule has 0 heterocycles. The first kappa shape index (κ1) is 20.9. The molecule has 0 aliphatic rings. The maximum atomic E-state index is 10.4. The Bertz CT molecular complexity index is 528. The van der Waals surface area contributed by atoms with Gasteiger partial charge in [-0.25, -0.2) is 0 Å². The molecule has 8 nitrogen and oxygen atoms in total. The van der Waals surface area contributed by atoms with Gasteiger partial charge in [-0.05, 0) is 11.5 Å². The van der Waals surface area contributed by atoms with Crippen LogP contribution in [0.1, 0.15) is 0 Å². The molecule has 1 aromatic carbocycles. The van der Waals surface area contributed by atoms with Crippen molar-refractivity contribution < 1.29 is 93.4 Å². The van der Waals surface area contributed by atoms with Crippen LogP contribution in [0.4, 0.5) is 0 Å². The molecule has 0 aliphatic carbocycles. The molecule has 0 saturated carbocycles. The van der Waals surface area contributed by atoms with Crippen molar-refractivity contribution >= 4 is 20.8 Å². The average Bonchev–Trinajstić information content (AvgIpc) is 2.03. The fourth-order valence-electron chi connectivity index (χ4n) is 0.707. The molecular weight excluding hydrogens is 310 g/mol. The Balaban J connectivity index is 0. The summed E-state index contributed by atoms with van der Waals surface area (Å²) < 4.78 is 66.0. The first-order valence-electron chi connectivity index (χ1n) is 3.43. The predicted molar refractivity (Wildman–Crippen MR) is 48.5 cm³/mol. The van der Waals surface area contributed by atoms with Gasteiger partial charge in [0.1, 0.15) is 0 Å². The summed E-state index contributed by atoms with van der Waals surface area (Å²) in [5.41, 5.74) is 0. The van der Waals surface area contributed by atoms with Gasteiger partial charge in [0.05, 0.1) is 0 Å². The predicted octanol–water partition coefficient (Wildman–Crippen LogP) is -6.34. The van der Waals surface area contributed by atoms with E-state index in [9.17, 15) is 16.8 Å². The van der Waals surface area contributed by atoms with E-state index in [1.54, 1.807) is 0 Å². The summed E-state index contributed by atoms with van der Waals surface area (Å²) in [4.78, 5) is 0. The maximum Gasteiger partial charge on any atom is 1.00 e. The van der Waals surface area contributed by atoms with E-state index in [0.29, 0.717) is 0 Å². The van der Waals surface area contributed by atoms with Crippen LogP contribution in [0.5, 0.6) is 11.5 Å². The number of hydrogen-bond acceptors (Lipinski definition) is 6. The molecule has 1 rings (SSSR count). The molecule has 2 N–H and O–H groups in total. The zero-order valence-corrected chi connectivity index (χ0v) is 14.9. The fraction of sp³-hybridized carbons (Fsp3) is 0. The van der Waals surface area contributed by atoms with Crippen molar-refractivity contribution in [2.45, 2.75) is 0 Å². The van der Waals surface area contributed by atoms with E-state index in [1.807, 2.05) is 0 Å². The van der Waals surface area contributed by atoms with E-state index in [0.717, 1.165) is 12.1 Å². The van der Waals surface area contributed by atoms with Crippen LogP contribution in [-0.4, -0.2) is 25.9 Å². The van der Waals surface area contributed by atoms with Gasteiger partial charge in [0, 0.05) is 0 Å². The van der Waals surface area contributed by atoms with E-state index in [1.165, 1.54) is 0 Å². The zero-order chi connectivity index (χ0) is 12.4. The van der Waals surface area contributed by atoms with Gasteiger partial charge in [0.2, 0.25) is 0 Å². The quantitative estimate of drug-likeness (QED) is 0.319. The van der Waals surface area contributed by atoms with Crippen molar-refractivity contribution in [1.29, 1.82) is 0 Å². The van der Waals surface area contributed by atoms with Crippen LogP contribution in [0.3, 0.4) is 0 Å². The molecule has 0 amide bonds. The molecule has 0 bridgehead atoms. The Kier molecular flexibility index (Phi) is 9.36. The third-order valence-electron chi connectivity index (χ3n) is 1.11. The van der Waals surface area contributed by atoms with E-state index in [4.69, 9.17) is 9.11 Å². The molecule has 90 valence electrons. The Hall–Kier alpha value is 0.640. The van der Waals surface area contributed by atoms with Gasteiger partial charge in [-0.2, -0.15) is 16.8 Å². The largest absolute Gasteiger partial charge is 1.00 e. The number of benzene rings is 1. The minimum atomic E-state index is -4.86. The van der Waals surface area contributed by atoms with Crippen LogP contribution in [0.25, 0.3) is 0 Å². The topological polar surface area (TPSA) is 127 Å². The second kappa shape index (κ2) is 8.04. The molecule has 0 radical (unpaired) electrons. The minimum absolute atomic E-state index is 0. The smallest absolute Gasteiger partial charge is 0.484 e. The van der Waals surface area contributed by atoms with Gasteiger partial charge in [0.25, 0.3) is 0 Å². The van der Waals surface area contributed by atoms with Crippen molar-refractivity contribution in [2.75, 3.05) is 0 Å². The first-order chi connectivity index (χ1) is 7.17. The van der Waals surface area contributed by atoms with Crippen LogP contribution < -0.4 is 67.5 Å². The summed E-state index contributed by atoms with van der Waals surface area (Å²) in [6, 6.07) is 6.31. The molecule has 0 fully saturated rings. The van der Waals surface area contributed by atoms with E-state index in [-0.39, 0.29) is 59.1 Å². The third-order valence-corrected chi connectivity index (χ3v) is 1.88. The van der Waals surface area contributed by atoms with Crippen LogP contribution in [0.15, 0.2) is 12.1 Å². The van der Waals surface area contributed by atoms with Gasteiger partial charge >= 0.3 is 79.9 Å². The van der Waals surface area contributed by atoms with Crippen LogP contribution in [-0.2, 0) is 20.8 Å². The molecule has 18 heavy (non-hydrogen) atoms. The Morgan fingerprint density at radius 3 is 1.94 bits per heavy atom. The number of rotatable bonds is 4. The SMILES string of the molecule is O=S(=O)(O)Oc1[c-]c[c-]cc1OS(=O)(=O)O.[Na+].[Na+]. The molecule has 0 spiro atoms. The summed E-state index contributed by atoms with van der Waals surface area (Å²) in [7, 11) is -9.71. The molecule has 0 saturated heterocycles. The van der Waals surface area contributed by atoms with Crippen LogP contribution in [0.2, 0.25) is 0 Å². The van der Waals surface area contributed by atoms with Crippen molar-refractivity contribution in [3.63, 3.8) is 0 Å². The van der Waals surface area contributed by atoms with Gasteiger partial charge < -0.3 is 26.6 Å². The molecule has 12 heteroatoms. The molecule has 0 aromatic heterocycles. The van der Waals surface area contributed by atoms with Crippen molar-refractivity contribution in [2.24, 2.45) is 0 Å². The molecule has 0 unspecified atom stereocenters. The molecule has 0 atom stereocenters. The Morgan fingerprint density at radius 2 is 1.50 bits per heavy atom. The van der Waals surface area contributed by atoms with E-state index >= 15 is 0 Å². The second-order valence-corrected chi connectivity index (χ2v) is 4.36. The molecule has 1 aromatic rings. The third kappa shape index (κ3) is 8.69. The summed E-state index contributed by atoms with van der Waals surface area (Å²) in [5.74, 6) is -1.43. The van der Waals surface area contributed by atoms with Crippen molar-refractivity contribution in [1.82, 2.24) is 0 Å². The first-order valence-corrected chi connectivity index (χ1v) is 6.16. The summed E-state index contributed by atoms with van der Waals surface area (Å²) >= 11 is 0. The second-order valence-electron chi connectivity index (χ2n) is 2.32. The normalized spacial score (nSPS) is 10.8. The average molecular weight is 314 g/mol. The van der Waals surface area contributed by atoms with Gasteiger partial charge in [-0.3, -0.25) is 15.2 Å². The number of hydrogen-bond donors (Lipinski definition) is 2. The van der Waals surface area contributed by atoms with E-state index < -0.39 is 32.3 Å². The summed E-state index contributed by atoms with van der Waals surface area (Å²) in [6.45, 7) is 0. The standard InChI is InChI=1S/C6H4O8S2.2Na/c7-15(8,9)13-5-3-1-2-4-6(5)14-16(10,11)12;;/h1,4H,(H,7,8,9)(H,10,11,12);;/q-2;2*+1. The Labute approximate surface area is 148 Å². The summed E-state index contributed by atoms with van der Waals surface area (Å²) in [5, 5.41) is 0. The summed E-state index contributed by atoms with van der Waals surface area (Å²) in [6.07, 6.45) is 0. The maximum absolute atomic E-state index is 10.4. The van der Waals surface area contributed by atoms with Gasteiger partial charge in [-0.1, -0.05) is 0 Å². The monoisotopic (exact) mass is 314 g/mol. The van der Waals surface area contributed by atoms with Crippen LogP contribution in [0, 0.1) is 12.1 Å². The van der Waals surface area contributed by atoms with E-state index in [2.05, 4.69) is 20.5 Å². The minimum Gasteiger partial charge on any atom is -0.484 e. The fourth-order valence-corrected chi connectivity index (χ4v) is 1.40.